The largest absolute Gasteiger partial charge is 0.497 e. The van der Waals surface area contributed by atoms with Crippen LogP contribution in [0.5, 0.6) is 5.75 Å². The quantitative estimate of drug-likeness (QED) is 0.409. The van der Waals surface area contributed by atoms with Crippen molar-refractivity contribution >= 4 is 29.3 Å². The van der Waals surface area contributed by atoms with Gasteiger partial charge in [0.05, 0.1) is 7.11 Å². The van der Waals surface area contributed by atoms with Gasteiger partial charge < -0.3 is 9.64 Å². The van der Waals surface area contributed by atoms with Crippen LogP contribution in [-0.4, -0.2) is 18.6 Å². The second-order valence-electron chi connectivity index (χ2n) is 9.13. The Balaban J connectivity index is 1.73. The first-order chi connectivity index (χ1) is 15.2. The van der Waals surface area contributed by atoms with E-state index < -0.39 is 0 Å². The third-order valence-corrected chi connectivity index (χ3v) is 6.62. The summed E-state index contributed by atoms with van der Waals surface area (Å²) in [6.07, 6.45) is 4.31. The number of nitrogens with zero attached hydrogens (tertiary/aromatic N) is 1. The first-order valence-electron chi connectivity index (χ1n) is 10.8. The molecular weight excluding hydrogens is 418 g/mol. The lowest BCUT2D eigenvalue weighted by Crippen LogP contribution is -2.55. The van der Waals surface area contributed by atoms with Crippen molar-refractivity contribution in [1.82, 2.24) is 0 Å². The molecule has 1 heterocycles. The van der Waals surface area contributed by atoms with Gasteiger partial charge in [-0.25, -0.2) is 0 Å². The molecule has 0 bridgehead atoms. The maximum atomic E-state index is 13.5. The number of halogens is 1. The molecule has 1 aliphatic rings. The highest BCUT2D eigenvalue weighted by molar-refractivity contribution is 6.30. The SMILES string of the molecule is COc1ccc(/C=C\C(=O)N2c3ccccc3[C@](C)(c3ccc(Cl)cc3)CC2(C)C)cc1. The van der Waals surface area contributed by atoms with Crippen molar-refractivity contribution in [3.8, 4) is 5.75 Å². The fourth-order valence-corrected chi connectivity index (χ4v) is 5.08. The highest BCUT2D eigenvalue weighted by atomic mass is 35.5. The normalized spacial score (nSPS) is 19.6. The lowest BCUT2D eigenvalue weighted by molar-refractivity contribution is -0.115. The van der Waals surface area contributed by atoms with Crippen molar-refractivity contribution < 1.29 is 9.53 Å². The zero-order valence-corrected chi connectivity index (χ0v) is 19.7. The molecule has 0 saturated carbocycles. The minimum absolute atomic E-state index is 0.0311. The molecule has 3 nitrogen and oxygen atoms in total. The Bertz CT molecular complexity index is 1150. The van der Waals surface area contributed by atoms with E-state index in [0.29, 0.717) is 0 Å². The van der Waals surface area contributed by atoms with Crippen molar-refractivity contribution in [2.24, 2.45) is 0 Å². The van der Waals surface area contributed by atoms with Gasteiger partial charge in [0.2, 0.25) is 0 Å². The summed E-state index contributed by atoms with van der Waals surface area (Å²) >= 11 is 6.15. The van der Waals surface area contributed by atoms with Gasteiger partial charge in [-0.3, -0.25) is 4.79 Å². The van der Waals surface area contributed by atoms with E-state index in [1.807, 2.05) is 65.6 Å². The molecule has 0 saturated heterocycles. The fraction of sp³-hybridized carbons (Fsp3) is 0.250. The Morgan fingerprint density at radius 3 is 2.28 bits per heavy atom. The monoisotopic (exact) mass is 445 g/mol. The van der Waals surface area contributed by atoms with E-state index >= 15 is 0 Å². The zero-order chi connectivity index (χ0) is 22.9. The Kier molecular flexibility index (Phi) is 5.87. The Labute approximate surface area is 195 Å². The van der Waals surface area contributed by atoms with Gasteiger partial charge in [-0.2, -0.15) is 0 Å². The third kappa shape index (κ3) is 4.05. The summed E-state index contributed by atoms with van der Waals surface area (Å²) in [6.45, 7) is 6.53. The molecule has 1 aliphatic heterocycles. The van der Waals surface area contributed by atoms with E-state index in [4.69, 9.17) is 16.3 Å². The van der Waals surface area contributed by atoms with Crippen LogP contribution in [0.2, 0.25) is 5.02 Å². The van der Waals surface area contributed by atoms with Crippen LogP contribution < -0.4 is 9.64 Å². The number of carbonyl (C=O) groups is 1. The average Bonchev–Trinajstić information content (AvgIpc) is 2.78. The molecule has 0 aromatic heterocycles. The average molecular weight is 446 g/mol. The van der Waals surface area contributed by atoms with Crippen molar-refractivity contribution in [3.63, 3.8) is 0 Å². The topological polar surface area (TPSA) is 29.5 Å². The van der Waals surface area contributed by atoms with E-state index in [9.17, 15) is 4.79 Å². The number of fused-ring (bicyclic) bond motifs is 1. The van der Waals surface area contributed by atoms with Crippen molar-refractivity contribution in [2.45, 2.75) is 38.1 Å². The standard InChI is InChI=1S/C28H28ClNO2/c1-27(2)19-28(3,21-12-14-22(29)15-13-21)24-7-5-6-8-25(24)30(27)26(31)18-11-20-9-16-23(32-4)17-10-20/h5-18H,19H2,1-4H3/b18-11-/t28-/m0/s1. The Hall–Kier alpha value is -3.04. The molecule has 0 radical (unpaired) electrons. The van der Waals surface area contributed by atoms with Gasteiger partial charge in [0.25, 0.3) is 5.91 Å². The van der Waals surface area contributed by atoms with Gasteiger partial charge in [-0.15, -0.1) is 0 Å². The zero-order valence-electron chi connectivity index (χ0n) is 18.9. The van der Waals surface area contributed by atoms with E-state index in [-0.39, 0.29) is 16.9 Å². The minimum Gasteiger partial charge on any atom is -0.497 e. The summed E-state index contributed by atoms with van der Waals surface area (Å²) in [6, 6.07) is 23.9. The van der Waals surface area contributed by atoms with Crippen LogP contribution in [0.1, 0.15) is 43.9 Å². The predicted octanol–water partition coefficient (Wildman–Crippen LogP) is 6.88. The van der Waals surface area contributed by atoms with Crippen molar-refractivity contribution in [1.29, 1.82) is 0 Å². The molecule has 0 unspecified atom stereocenters. The van der Waals surface area contributed by atoms with Crippen molar-refractivity contribution in [2.75, 3.05) is 12.0 Å². The second kappa shape index (κ2) is 8.48. The molecule has 0 N–H and O–H groups in total. The van der Waals surface area contributed by atoms with Crippen LogP contribution in [0, 0.1) is 0 Å². The predicted molar refractivity (Wildman–Crippen MR) is 133 cm³/mol. The molecule has 1 amide bonds. The Morgan fingerprint density at radius 1 is 0.969 bits per heavy atom. The molecule has 32 heavy (non-hydrogen) atoms. The lowest BCUT2D eigenvalue weighted by atomic mass is 9.65. The smallest absolute Gasteiger partial charge is 0.251 e. The molecule has 4 rings (SSSR count). The number of para-hydroxylation sites is 1. The lowest BCUT2D eigenvalue weighted by Gasteiger charge is -2.51. The van der Waals surface area contributed by atoms with Crippen molar-refractivity contribution in [3.05, 3.63) is 101 Å². The van der Waals surface area contributed by atoms with E-state index in [1.165, 1.54) is 5.56 Å². The molecule has 3 aromatic rings. The van der Waals surface area contributed by atoms with Crippen LogP contribution >= 0.6 is 11.6 Å². The summed E-state index contributed by atoms with van der Waals surface area (Å²) < 4.78 is 5.21. The molecule has 4 heteroatoms. The molecule has 0 aliphatic carbocycles. The number of hydrogen-bond donors (Lipinski definition) is 0. The van der Waals surface area contributed by atoms with E-state index in [0.717, 1.165) is 34.0 Å². The number of ether oxygens (including phenoxy) is 1. The highest BCUT2D eigenvalue weighted by Gasteiger charge is 2.47. The number of hydrogen-bond acceptors (Lipinski definition) is 2. The fourth-order valence-electron chi connectivity index (χ4n) is 4.95. The molecule has 0 fully saturated rings. The van der Waals surface area contributed by atoms with Crippen LogP contribution in [0.3, 0.4) is 0 Å². The molecule has 3 aromatic carbocycles. The minimum atomic E-state index is -0.385. The third-order valence-electron chi connectivity index (χ3n) is 6.37. The van der Waals surface area contributed by atoms with Gasteiger partial charge in [0.1, 0.15) is 5.75 Å². The summed E-state index contributed by atoms with van der Waals surface area (Å²) in [5, 5.41) is 0.723. The van der Waals surface area contributed by atoms with Gasteiger partial charge >= 0.3 is 0 Å². The van der Waals surface area contributed by atoms with Gasteiger partial charge in [0.15, 0.2) is 0 Å². The number of anilines is 1. The number of methoxy groups -OCH3 is 1. The molecular formula is C28H28ClNO2. The number of amides is 1. The van der Waals surface area contributed by atoms with Gasteiger partial charge in [0, 0.05) is 27.7 Å². The highest BCUT2D eigenvalue weighted by Crippen LogP contribution is 2.50. The Morgan fingerprint density at radius 2 is 1.62 bits per heavy atom. The molecule has 164 valence electrons. The van der Waals surface area contributed by atoms with Crippen LogP contribution in [-0.2, 0) is 10.2 Å². The molecule has 1 atom stereocenters. The second-order valence-corrected chi connectivity index (χ2v) is 9.56. The van der Waals surface area contributed by atoms with E-state index in [2.05, 4.69) is 39.0 Å². The van der Waals surface area contributed by atoms with Crippen LogP contribution in [0.25, 0.3) is 6.08 Å². The maximum Gasteiger partial charge on any atom is 0.251 e. The number of benzene rings is 3. The first-order valence-corrected chi connectivity index (χ1v) is 11.1. The van der Waals surface area contributed by atoms with Gasteiger partial charge in [-0.05, 0) is 73.4 Å². The summed E-state index contributed by atoms with van der Waals surface area (Å²) in [5.74, 6) is 0.762. The van der Waals surface area contributed by atoms with Gasteiger partial charge in [-0.1, -0.05) is 61.0 Å². The summed E-state index contributed by atoms with van der Waals surface area (Å²) in [5.41, 5.74) is 3.63. The summed E-state index contributed by atoms with van der Waals surface area (Å²) in [4.78, 5) is 15.4. The first kappa shape index (κ1) is 22.2. The summed E-state index contributed by atoms with van der Waals surface area (Å²) in [7, 11) is 1.64. The number of rotatable bonds is 4. The van der Waals surface area contributed by atoms with Crippen LogP contribution in [0.15, 0.2) is 78.9 Å². The van der Waals surface area contributed by atoms with E-state index in [1.54, 1.807) is 13.2 Å². The molecule has 0 spiro atoms. The number of carbonyl (C=O) groups excluding carboxylic acids is 1. The van der Waals surface area contributed by atoms with Crippen LogP contribution in [0.4, 0.5) is 5.69 Å². The maximum absolute atomic E-state index is 13.5.